The number of aromatic nitrogens is 4. The van der Waals surface area contributed by atoms with Gasteiger partial charge in [0, 0.05) is 31.9 Å². The number of aromatic amines is 1. The van der Waals surface area contributed by atoms with E-state index in [1.54, 1.807) is 30.5 Å². The van der Waals surface area contributed by atoms with Crippen LogP contribution in [0, 0.1) is 0 Å². The Balaban J connectivity index is 2.02. The Labute approximate surface area is 111 Å². The molecular formula is C12H16N6O. The minimum absolute atomic E-state index is 0.170. The van der Waals surface area contributed by atoms with Gasteiger partial charge in [-0.2, -0.15) is 5.10 Å². The zero-order valence-corrected chi connectivity index (χ0v) is 10.9. The van der Waals surface area contributed by atoms with Gasteiger partial charge in [0.15, 0.2) is 0 Å². The Bertz CT molecular complexity index is 522. The second kappa shape index (κ2) is 5.94. The highest BCUT2D eigenvalue weighted by atomic mass is 16.2. The standard InChI is InChI=1S/C12H16N6O/c1-3-13-11-7-14-10(6-15-11)12(19)18(2)8-9-4-16-17-5-9/h4-7H,3,8H2,1-2H3,(H,13,15)(H,16,17). The number of amides is 1. The van der Waals surface area contributed by atoms with Crippen molar-refractivity contribution in [2.45, 2.75) is 13.5 Å². The molecule has 100 valence electrons. The first kappa shape index (κ1) is 13.0. The van der Waals surface area contributed by atoms with Crippen LogP contribution in [0.3, 0.4) is 0 Å². The van der Waals surface area contributed by atoms with Crippen LogP contribution >= 0.6 is 0 Å². The van der Waals surface area contributed by atoms with Gasteiger partial charge in [-0.3, -0.25) is 9.89 Å². The van der Waals surface area contributed by atoms with Crippen molar-refractivity contribution in [2.24, 2.45) is 0 Å². The summed E-state index contributed by atoms with van der Waals surface area (Å²) in [7, 11) is 1.72. The van der Waals surface area contributed by atoms with E-state index >= 15 is 0 Å². The molecule has 2 aromatic rings. The van der Waals surface area contributed by atoms with Crippen LogP contribution in [0.5, 0.6) is 0 Å². The van der Waals surface area contributed by atoms with Gasteiger partial charge in [-0.05, 0) is 6.92 Å². The molecule has 0 spiro atoms. The molecule has 2 N–H and O–H groups in total. The van der Waals surface area contributed by atoms with Crippen LogP contribution < -0.4 is 5.32 Å². The molecule has 0 aliphatic carbocycles. The van der Waals surface area contributed by atoms with Crippen molar-refractivity contribution in [2.75, 3.05) is 18.9 Å². The molecule has 7 heteroatoms. The maximum atomic E-state index is 12.1. The number of anilines is 1. The average molecular weight is 260 g/mol. The Morgan fingerprint density at radius 2 is 2.21 bits per heavy atom. The van der Waals surface area contributed by atoms with E-state index in [0.29, 0.717) is 18.1 Å². The predicted molar refractivity (Wildman–Crippen MR) is 70.6 cm³/mol. The topological polar surface area (TPSA) is 86.8 Å². The molecule has 1 amide bonds. The third-order valence-electron chi connectivity index (χ3n) is 2.55. The smallest absolute Gasteiger partial charge is 0.274 e. The van der Waals surface area contributed by atoms with E-state index in [4.69, 9.17) is 0 Å². The van der Waals surface area contributed by atoms with Gasteiger partial charge in [0.25, 0.3) is 5.91 Å². The summed E-state index contributed by atoms with van der Waals surface area (Å²) >= 11 is 0. The fourth-order valence-electron chi connectivity index (χ4n) is 1.62. The molecule has 0 unspecified atom stereocenters. The maximum Gasteiger partial charge on any atom is 0.274 e. The van der Waals surface area contributed by atoms with Crippen molar-refractivity contribution in [1.29, 1.82) is 0 Å². The number of nitrogens with zero attached hydrogens (tertiary/aromatic N) is 4. The Morgan fingerprint density at radius 1 is 1.37 bits per heavy atom. The number of hydrogen-bond donors (Lipinski definition) is 2. The summed E-state index contributed by atoms with van der Waals surface area (Å²) in [6.07, 6.45) is 6.47. The van der Waals surface area contributed by atoms with Crippen molar-refractivity contribution < 1.29 is 4.79 Å². The number of H-pyrrole nitrogens is 1. The van der Waals surface area contributed by atoms with Gasteiger partial charge in [-0.15, -0.1) is 0 Å². The molecule has 2 heterocycles. The van der Waals surface area contributed by atoms with E-state index in [9.17, 15) is 4.79 Å². The van der Waals surface area contributed by atoms with E-state index in [2.05, 4.69) is 25.5 Å². The number of carbonyl (C=O) groups is 1. The SMILES string of the molecule is CCNc1cnc(C(=O)N(C)Cc2cn[nH]c2)cn1. The number of hydrogen-bond acceptors (Lipinski definition) is 5. The van der Waals surface area contributed by atoms with Gasteiger partial charge in [0.05, 0.1) is 18.6 Å². The average Bonchev–Trinajstić information content (AvgIpc) is 2.92. The molecule has 0 radical (unpaired) electrons. The van der Waals surface area contributed by atoms with Crippen LogP contribution in [0.4, 0.5) is 5.82 Å². The highest BCUT2D eigenvalue weighted by Crippen LogP contribution is 2.06. The zero-order valence-electron chi connectivity index (χ0n) is 10.9. The third kappa shape index (κ3) is 3.27. The summed E-state index contributed by atoms with van der Waals surface area (Å²) in [5, 5.41) is 9.58. The Morgan fingerprint density at radius 3 is 2.79 bits per heavy atom. The molecule has 0 saturated heterocycles. The van der Waals surface area contributed by atoms with Gasteiger partial charge >= 0.3 is 0 Å². The van der Waals surface area contributed by atoms with Crippen LogP contribution in [0.25, 0.3) is 0 Å². The second-order valence-corrected chi connectivity index (χ2v) is 4.08. The van der Waals surface area contributed by atoms with E-state index in [1.807, 2.05) is 6.92 Å². The summed E-state index contributed by atoms with van der Waals surface area (Å²) in [5.41, 5.74) is 1.26. The third-order valence-corrected chi connectivity index (χ3v) is 2.55. The lowest BCUT2D eigenvalue weighted by atomic mass is 10.3. The summed E-state index contributed by atoms with van der Waals surface area (Å²) in [4.78, 5) is 21.9. The predicted octanol–water partition coefficient (Wildman–Crippen LogP) is 0.904. The molecule has 7 nitrogen and oxygen atoms in total. The molecule has 2 rings (SSSR count). The fourth-order valence-corrected chi connectivity index (χ4v) is 1.62. The van der Waals surface area contributed by atoms with E-state index < -0.39 is 0 Å². The summed E-state index contributed by atoms with van der Waals surface area (Å²) in [6.45, 7) is 3.22. The maximum absolute atomic E-state index is 12.1. The van der Waals surface area contributed by atoms with Crippen molar-refractivity contribution >= 4 is 11.7 Å². The second-order valence-electron chi connectivity index (χ2n) is 4.08. The lowest BCUT2D eigenvalue weighted by Gasteiger charge is -2.15. The molecule has 0 fully saturated rings. The summed E-state index contributed by atoms with van der Waals surface area (Å²) in [6, 6.07) is 0. The summed E-state index contributed by atoms with van der Waals surface area (Å²) < 4.78 is 0. The van der Waals surface area contributed by atoms with Crippen LogP contribution in [-0.4, -0.2) is 44.6 Å². The normalized spacial score (nSPS) is 10.2. The van der Waals surface area contributed by atoms with Gasteiger partial charge in [0.2, 0.25) is 0 Å². The van der Waals surface area contributed by atoms with Crippen LogP contribution in [0.2, 0.25) is 0 Å². The van der Waals surface area contributed by atoms with Crippen molar-refractivity contribution in [1.82, 2.24) is 25.1 Å². The fraction of sp³-hybridized carbons (Fsp3) is 0.333. The van der Waals surface area contributed by atoms with Crippen LogP contribution in [0.1, 0.15) is 23.0 Å². The number of nitrogens with one attached hydrogen (secondary N) is 2. The Hall–Kier alpha value is -2.44. The molecule has 0 atom stereocenters. The van der Waals surface area contributed by atoms with Crippen LogP contribution in [-0.2, 0) is 6.54 Å². The van der Waals surface area contributed by atoms with Gasteiger partial charge in [0.1, 0.15) is 11.5 Å². The molecule has 19 heavy (non-hydrogen) atoms. The quantitative estimate of drug-likeness (QED) is 0.834. The first-order valence-corrected chi connectivity index (χ1v) is 5.99. The van der Waals surface area contributed by atoms with Gasteiger partial charge < -0.3 is 10.2 Å². The highest BCUT2D eigenvalue weighted by molar-refractivity contribution is 5.91. The van der Waals surface area contributed by atoms with Crippen LogP contribution in [0.15, 0.2) is 24.8 Å². The lowest BCUT2D eigenvalue weighted by Crippen LogP contribution is -2.27. The molecule has 0 aliphatic rings. The minimum Gasteiger partial charge on any atom is -0.369 e. The molecule has 0 aromatic carbocycles. The van der Waals surface area contributed by atoms with E-state index in [-0.39, 0.29) is 5.91 Å². The van der Waals surface area contributed by atoms with E-state index in [0.717, 1.165) is 12.1 Å². The highest BCUT2D eigenvalue weighted by Gasteiger charge is 2.14. The largest absolute Gasteiger partial charge is 0.369 e. The Kier molecular flexibility index (Phi) is 4.07. The molecule has 2 aromatic heterocycles. The molecule has 0 bridgehead atoms. The first-order valence-electron chi connectivity index (χ1n) is 5.99. The zero-order chi connectivity index (χ0) is 13.7. The number of rotatable bonds is 5. The van der Waals surface area contributed by atoms with Crippen molar-refractivity contribution in [3.63, 3.8) is 0 Å². The minimum atomic E-state index is -0.170. The lowest BCUT2D eigenvalue weighted by molar-refractivity contribution is 0.0779. The van der Waals surface area contributed by atoms with Crippen molar-refractivity contribution in [3.8, 4) is 0 Å². The summed E-state index contributed by atoms with van der Waals surface area (Å²) in [5.74, 6) is 0.494. The monoisotopic (exact) mass is 260 g/mol. The van der Waals surface area contributed by atoms with Crippen molar-refractivity contribution in [3.05, 3.63) is 36.0 Å². The molecule has 0 saturated carbocycles. The molecular weight excluding hydrogens is 244 g/mol. The van der Waals surface area contributed by atoms with E-state index in [1.165, 1.54) is 6.20 Å². The number of carbonyl (C=O) groups excluding carboxylic acids is 1. The van der Waals surface area contributed by atoms with Gasteiger partial charge in [-0.25, -0.2) is 9.97 Å². The van der Waals surface area contributed by atoms with Gasteiger partial charge in [-0.1, -0.05) is 0 Å². The molecule has 0 aliphatic heterocycles. The first-order chi connectivity index (χ1) is 9.20.